The highest BCUT2D eigenvalue weighted by molar-refractivity contribution is 5.92. The van der Waals surface area contributed by atoms with Crippen molar-refractivity contribution in [3.05, 3.63) is 59.8 Å². The van der Waals surface area contributed by atoms with Crippen molar-refractivity contribution in [1.82, 2.24) is 30.1 Å². The molecule has 2 bridgehead atoms. The average Bonchev–Trinajstić information content (AvgIpc) is 3.47. The van der Waals surface area contributed by atoms with Gasteiger partial charge in [0.1, 0.15) is 11.4 Å². The summed E-state index contributed by atoms with van der Waals surface area (Å²) in [5.74, 6) is 0. The number of nitrogens with one attached hydrogen (secondary N) is 1. The van der Waals surface area contributed by atoms with E-state index in [0.717, 1.165) is 47.6 Å². The lowest BCUT2D eigenvalue weighted by atomic mass is 10.1. The predicted molar refractivity (Wildman–Crippen MR) is 114 cm³/mol. The molecule has 2 aromatic carbocycles. The highest BCUT2D eigenvalue weighted by Gasteiger charge is 2.33. The van der Waals surface area contributed by atoms with Gasteiger partial charge in [-0.25, -0.2) is 4.68 Å². The molecule has 2 aliphatic rings. The van der Waals surface area contributed by atoms with E-state index in [4.69, 9.17) is 4.74 Å². The molecular weight excluding hydrogens is 376 g/mol. The van der Waals surface area contributed by atoms with Crippen LogP contribution in [0.2, 0.25) is 0 Å². The molecule has 2 saturated heterocycles. The first-order chi connectivity index (χ1) is 14.7. The van der Waals surface area contributed by atoms with Gasteiger partial charge < -0.3 is 4.74 Å². The zero-order valence-corrected chi connectivity index (χ0v) is 17.0. The fourth-order valence-corrected chi connectivity index (χ4v) is 4.67. The number of aromatic nitrogens is 5. The summed E-state index contributed by atoms with van der Waals surface area (Å²) in [6.45, 7) is 5.13. The Hall–Kier alpha value is -3.03. The molecule has 0 spiro atoms. The second kappa shape index (κ2) is 7.04. The lowest BCUT2D eigenvalue weighted by Gasteiger charge is -2.32. The molecular formula is C23H24N6O. The van der Waals surface area contributed by atoms with Crippen molar-refractivity contribution in [2.75, 3.05) is 13.1 Å². The van der Waals surface area contributed by atoms with Gasteiger partial charge in [0.25, 0.3) is 0 Å². The van der Waals surface area contributed by atoms with Crippen molar-refractivity contribution >= 4 is 10.9 Å². The maximum absolute atomic E-state index is 5.94. The molecule has 7 heteroatoms. The van der Waals surface area contributed by atoms with Gasteiger partial charge in [-0.3, -0.25) is 10.00 Å². The number of rotatable bonds is 4. The Morgan fingerprint density at radius 1 is 1.07 bits per heavy atom. The minimum Gasteiger partial charge on any atom is -0.372 e. The smallest absolute Gasteiger partial charge is 0.134 e. The third-order valence-corrected chi connectivity index (χ3v) is 6.18. The van der Waals surface area contributed by atoms with Crippen LogP contribution in [0.5, 0.6) is 0 Å². The zero-order valence-electron chi connectivity index (χ0n) is 17.0. The summed E-state index contributed by atoms with van der Waals surface area (Å²) in [6, 6.07) is 14.8. The third-order valence-electron chi connectivity index (χ3n) is 6.18. The molecule has 2 aromatic heterocycles. The van der Waals surface area contributed by atoms with E-state index in [-0.39, 0.29) is 0 Å². The molecule has 30 heavy (non-hydrogen) atoms. The number of fused-ring (bicyclic) bond motifs is 3. The Morgan fingerprint density at radius 2 is 1.87 bits per heavy atom. The first kappa shape index (κ1) is 17.8. The molecule has 0 radical (unpaired) electrons. The van der Waals surface area contributed by atoms with Gasteiger partial charge in [-0.05, 0) is 49.1 Å². The van der Waals surface area contributed by atoms with Gasteiger partial charge in [0.2, 0.25) is 0 Å². The number of nitrogens with zero attached hydrogens (tertiary/aromatic N) is 5. The van der Waals surface area contributed by atoms with E-state index in [1.807, 2.05) is 10.9 Å². The van der Waals surface area contributed by atoms with Gasteiger partial charge in [0, 0.05) is 25.0 Å². The van der Waals surface area contributed by atoms with E-state index < -0.39 is 0 Å². The summed E-state index contributed by atoms with van der Waals surface area (Å²) in [4.78, 5) is 2.51. The quantitative estimate of drug-likeness (QED) is 0.568. The maximum atomic E-state index is 5.94. The fraction of sp³-hybridized carbons (Fsp3) is 0.348. The van der Waals surface area contributed by atoms with E-state index in [1.54, 1.807) is 0 Å². The molecule has 6 rings (SSSR count). The summed E-state index contributed by atoms with van der Waals surface area (Å²) in [7, 11) is 0. The van der Waals surface area contributed by atoms with Gasteiger partial charge in [-0.1, -0.05) is 29.5 Å². The summed E-state index contributed by atoms with van der Waals surface area (Å²) in [6.07, 6.45) is 5.21. The van der Waals surface area contributed by atoms with Gasteiger partial charge in [-0.2, -0.15) is 5.10 Å². The lowest BCUT2D eigenvalue weighted by molar-refractivity contribution is -0.0410. The molecule has 7 nitrogen and oxygen atoms in total. The maximum Gasteiger partial charge on any atom is 0.134 e. The third kappa shape index (κ3) is 3.20. The SMILES string of the molecule is Cc1ccc2c(-c3cn(-c4ccc(CN5CC6CCC(C5)O6)cc4)nn3)n[nH]c2c1. The number of H-pyrrole nitrogens is 1. The minimum atomic E-state index is 0.429. The fourth-order valence-electron chi connectivity index (χ4n) is 4.67. The molecule has 152 valence electrons. The number of ether oxygens (including phenoxy) is 1. The van der Waals surface area contributed by atoms with Gasteiger partial charge in [0.05, 0.1) is 29.6 Å². The number of aromatic amines is 1. The monoisotopic (exact) mass is 400 g/mol. The second-order valence-electron chi connectivity index (χ2n) is 8.49. The molecule has 2 unspecified atom stereocenters. The van der Waals surface area contributed by atoms with Crippen molar-refractivity contribution in [1.29, 1.82) is 0 Å². The zero-order chi connectivity index (χ0) is 20.1. The Bertz CT molecular complexity index is 1180. The molecule has 4 heterocycles. The molecule has 2 fully saturated rings. The highest BCUT2D eigenvalue weighted by atomic mass is 16.5. The molecule has 1 N–H and O–H groups in total. The number of likely N-dealkylation sites (tertiary alicyclic amines) is 1. The number of morpholine rings is 1. The summed E-state index contributed by atoms with van der Waals surface area (Å²) in [5, 5.41) is 17.3. The number of aryl methyl sites for hydroxylation is 1. The van der Waals surface area contributed by atoms with Crippen LogP contribution in [0.15, 0.2) is 48.7 Å². The first-order valence-corrected chi connectivity index (χ1v) is 10.6. The largest absolute Gasteiger partial charge is 0.372 e. The van der Waals surface area contributed by atoms with Crippen LogP contribution in [0.4, 0.5) is 0 Å². The van der Waals surface area contributed by atoms with Gasteiger partial charge >= 0.3 is 0 Å². The summed E-state index contributed by atoms with van der Waals surface area (Å²) >= 11 is 0. The number of hydrogen-bond acceptors (Lipinski definition) is 5. The molecule has 0 aliphatic carbocycles. The summed E-state index contributed by atoms with van der Waals surface area (Å²) < 4.78 is 7.75. The number of benzene rings is 2. The Morgan fingerprint density at radius 3 is 2.67 bits per heavy atom. The minimum absolute atomic E-state index is 0.429. The van der Waals surface area contributed by atoms with Crippen molar-refractivity contribution in [3.8, 4) is 17.1 Å². The first-order valence-electron chi connectivity index (χ1n) is 10.6. The second-order valence-corrected chi connectivity index (χ2v) is 8.49. The molecule has 4 aromatic rings. The normalized spacial score (nSPS) is 21.5. The molecule has 2 aliphatic heterocycles. The Labute approximate surface area is 174 Å². The molecule has 0 saturated carbocycles. The topological polar surface area (TPSA) is 71.9 Å². The van der Waals surface area contributed by atoms with Crippen LogP contribution >= 0.6 is 0 Å². The van der Waals surface area contributed by atoms with E-state index in [9.17, 15) is 0 Å². The van der Waals surface area contributed by atoms with Crippen molar-refractivity contribution in [2.24, 2.45) is 0 Å². The molecule has 2 atom stereocenters. The van der Waals surface area contributed by atoms with Crippen molar-refractivity contribution < 1.29 is 4.74 Å². The van der Waals surface area contributed by atoms with E-state index in [2.05, 4.69) is 74.8 Å². The molecule has 0 amide bonds. The van der Waals surface area contributed by atoms with Gasteiger partial charge in [0.15, 0.2) is 0 Å². The summed E-state index contributed by atoms with van der Waals surface area (Å²) in [5.41, 5.74) is 6.11. The van der Waals surface area contributed by atoms with Crippen LogP contribution in [0.25, 0.3) is 28.0 Å². The van der Waals surface area contributed by atoms with Crippen LogP contribution < -0.4 is 0 Å². The van der Waals surface area contributed by atoms with E-state index in [1.165, 1.54) is 24.0 Å². The van der Waals surface area contributed by atoms with E-state index >= 15 is 0 Å². The number of hydrogen-bond donors (Lipinski definition) is 1. The van der Waals surface area contributed by atoms with Crippen molar-refractivity contribution in [2.45, 2.75) is 38.5 Å². The average molecular weight is 400 g/mol. The van der Waals surface area contributed by atoms with Crippen LogP contribution in [0, 0.1) is 6.92 Å². The van der Waals surface area contributed by atoms with E-state index in [0.29, 0.717) is 12.2 Å². The van der Waals surface area contributed by atoms with Crippen LogP contribution in [-0.4, -0.2) is 55.4 Å². The van der Waals surface area contributed by atoms with Crippen molar-refractivity contribution in [3.63, 3.8) is 0 Å². The Balaban J connectivity index is 1.20. The van der Waals surface area contributed by atoms with Crippen LogP contribution in [0.1, 0.15) is 24.0 Å². The van der Waals surface area contributed by atoms with Crippen LogP contribution in [-0.2, 0) is 11.3 Å². The Kier molecular flexibility index (Phi) is 4.17. The van der Waals surface area contributed by atoms with Gasteiger partial charge in [-0.15, -0.1) is 5.10 Å². The lowest BCUT2D eigenvalue weighted by Crippen LogP contribution is -2.41. The predicted octanol–water partition coefficient (Wildman–Crippen LogP) is 3.48. The van der Waals surface area contributed by atoms with Crippen LogP contribution in [0.3, 0.4) is 0 Å². The standard InChI is InChI=1S/C23H24N6O/c1-15-2-9-20-21(10-15)24-26-23(20)22-14-29(27-25-22)17-5-3-16(4-6-17)11-28-12-18-7-8-19(13-28)30-18/h2-6,9-10,14,18-19H,7-8,11-13H2,1H3,(H,24,26). The highest BCUT2D eigenvalue weighted by Crippen LogP contribution is 2.28.